The molecule has 0 aromatic heterocycles. The zero-order valence-electron chi connectivity index (χ0n) is 11.1. The summed E-state index contributed by atoms with van der Waals surface area (Å²) >= 11 is 0. The van der Waals surface area contributed by atoms with Crippen LogP contribution in [0.4, 0.5) is 0 Å². The zero-order valence-corrected chi connectivity index (χ0v) is 12.0. The Morgan fingerprint density at radius 3 is 1.94 bits per heavy atom. The van der Waals surface area contributed by atoms with Gasteiger partial charge in [0.25, 0.3) is 0 Å². The van der Waals surface area contributed by atoms with Crippen molar-refractivity contribution in [1.29, 1.82) is 0 Å². The van der Waals surface area contributed by atoms with Crippen molar-refractivity contribution in [2.45, 2.75) is 39.6 Å². The first-order chi connectivity index (χ1) is 7.58. The third-order valence-electron chi connectivity index (χ3n) is 2.16. The number of esters is 1. The summed E-state index contributed by atoms with van der Waals surface area (Å²) in [6, 6.07) is 0. The molecule has 0 bridgehead atoms. The van der Waals surface area contributed by atoms with Crippen LogP contribution < -0.4 is 0 Å². The Kier molecular flexibility index (Phi) is 5.81. The SMILES string of the molecule is COP(=O)(OC)C(O)C(C)OC(=O)C(C)(C)C. The van der Waals surface area contributed by atoms with E-state index in [1.54, 1.807) is 20.8 Å². The Hall–Kier alpha value is -0.420. The fraction of sp³-hybridized carbons (Fsp3) is 0.900. The zero-order chi connectivity index (χ0) is 13.9. The molecule has 0 heterocycles. The van der Waals surface area contributed by atoms with E-state index in [0.29, 0.717) is 0 Å². The molecule has 2 unspecified atom stereocenters. The van der Waals surface area contributed by atoms with Gasteiger partial charge in [-0.3, -0.25) is 9.36 Å². The molecule has 0 radical (unpaired) electrons. The lowest BCUT2D eigenvalue weighted by atomic mass is 9.97. The predicted octanol–water partition coefficient (Wildman–Crippen LogP) is 1.77. The number of ether oxygens (including phenoxy) is 1. The molecule has 2 atom stereocenters. The van der Waals surface area contributed by atoms with Crippen molar-refractivity contribution in [1.82, 2.24) is 0 Å². The second kappa shape index (κ2) is 5.96. The van der Waals surface area contributed by atoms with E-state index >= 15 is 0 Å². The fourth-order valence-corrected chi connectivity index (χ4v) is 2.11. The molecule has 102 valence electrons. The molecule has 0 aliphatic rings. The van der Waals surface area contributed by atoms with E-state index in [0.717, 1.165) is 14.2 Å². The number of carbonyl (C=O) groups excluding carboxylic acids is 1. The van der Waals surface area contributed by atoms with Gasteiger partial charge in [0.2, 0.25) is 0 Å². The maximum Gasteiger partial charge on any atom is 0.362 e. The van der Waals surface area contributed by atoms with E-state index < -0.39 is 30.9 Å². The van der Waals surface area contributed by atoms with Gasteiger partial charge in [-0.05, 0) is 27.7 Å². The van der Waals surface area contributed by atoms with Gasteiger partial charge in [0.05, 0.1) is 5.41 Å². The largest absolute Gasteiger partial charge is 0.459 e. The molecule has 1 N–H and O–H groups in total. The Morgan fingerprint density at radius 2 is 1.65 bits per heavy atom. The van der Waals surface area contributed by atoms with Crippen molar-refractivity contribution >= 4 is 13.6 Å². The summed E-state index contributed by atoms with van der Waals surface area (Å²) in [7, 11) is -1.34. The van der Waals surface area contributed by atoms with Crippen molar-refractivity contribution in [3.63, 3.8) is 0 Å². The van der Waals surface area contributed by atoms with Gasteiger partial charge < -0.3 is 18.9 Å². The molecular formula is C10H21O6P. The second-order valence-electron chi connectivity index (χ2n) is 4.68. The molecule has 0 fully saturated rings. The van der Waals surface area contributed by atoms with Crippen LogP contribution in [0.25, 0.3) is 0 Å². The van der Waals surface area contributed by atoms with E-state index in [1.807, 2.05) is 0 Å². The van der Waals surface area contributed by atoms with Crippen LogP contribution >= 0.6 is 7.60 Å². The first kappa shape index (κ1) is 16.6. The molecule has 0 amide bonds. The molecule has 0 saturated heterocycles. The number of hydrogen-bond donors (Lipinski definition) is 1. The molecule has 0 aliphatic heterocycles. The van der Waals surface area contributed by atoms with Crippen molar-refractivity contribution in [3.8, 4) is 0 Å². The number of carbonyl (C=O) groups is 1. The smallest absolute Gasteiger partial charge is 0.362 e. The summed E-state index contributed by atoms with van der Waals surface area (Å²) in [5.41, 5.74) is -0.696. The Labute approximate surface area is 102 Å². The van der Waals surface area contributed by atoms with Crippen molar-refractivity contribution in [3.05, 3.63) is 0 Å². The van der Waals surface area contributed by atoms with E-state index in [9.17, 15) is 14.5 Å². The molecule has 6 nitrogen and oxygen atoms in total. The highest BCUT2D eigenvalue weighted by Crippen LogP contribution is 2.52. The minimum absolute atomic E-state index is 0.497. The summed E-state index contributed by atoms with van der Waals surface area (Å²) in [5.74, 6) is -2.01. The number of aliphatic hydroxyl groups is 1. The summed E-state index contributed by atoms with van der Waals surface area (Å²) in [5, 5.41) is 9.76. The molecule has 0 aromatic carbocycles. The van der Waals surface area contributed by atoms with Gasteiger partial charge in [-0.1, -0.05) is 0 Å². The van der Waals surface area contributed by atoms with Crippen LogP contribution in [0.3, 0.4) is 0 Å². The standard InChI is InChI=1S/C10H21O6P/c1-7(16-9(12)10(2,3)4)8(11)17(13,14-5)15-6/h7-8,11H,1-6H3. The van der Waals surface area contributed by atoms with Crippen LogP contribution in [0.5, 0.6) is 0 Å². The number of aliphatic hydroxyl groups excluding tert-OH is 1. The van der Waals surface area contributed by atoms with Crippen molar-refractivity contribution in [2.24, 2.45) is 5.41 Å². The highest BCUT2D eigenvalue weighted by atomic mass is 31.2. The quantitative estimate of drug-likeness (QED) is 0.604. The third kappa shape index (κ3) is 4.39. The van der Waals surface area contributed by atoms with Crippen LogP contribution in [0.2, 0.25) is 0 Å². The molecule has 0 saturated carbocycles. The maximum atomic E-state index is 11.8. The fourth-order valence-electron chi connectivity index (χ4n) is 0.954. The van der Waals surface area contributed by atoms with E-state index in [4.69, 9.17) is 4.74 Å². The van der Waals surface area contributed by atoms with Gasteiger partial charge in [-0.15, -0.1) is 0 Å². The number of hydrogen-bond acceptors (Lipinski definition) is 6. The topological polar surface area (TPSA) is 82.1 Å². The lowest BCUT2D eigenvalue weighted by molar-refractivity contribution is -0.161. The molecule has 0 aliphatic carbocycles. The summed E-state index contributed by atoms with van der Waals surface area (Å²) in [6.45, 7) is 6.47. The van der Waals surface area contributed by atoms with E-state index in [-0.39, 0.29) is 0 Å². The molecule has 0 rings (SSSR count). The highest BCUT2D eigenvalue weighted by Gasteiger charge is 2.39. The average molecular weight is 268 g/mol. The van der Waals surface area contributed by atoms with Gasteiger partial charge in [0, 0.05) is 14.2 Å². The number of rotatable bonds is 5. The van der Waals surface area contributed by atoms with Gasteiger partial charge in [-0.2, -0.15) is 0 Å². The first-order valence-corrected chi connectivity index (χ1v) is 6.80. The Balaban J connectivity index is 4.68. The van der Waals surface area contributed by atoms with Crippen LogP contribution in [0.1, 0.15) is 27.7 Å². The molecule has 17 heavy (non-hydrogen) atoms. The predicted molar refractivity (Wildman–Crippen MR) is 62.6 cm³/mol. The average Bonchev–Trinajstić information content (AvgIpc) is 2.25. The van der Waals surface area contributed by atoms with Gasteiger partial charge >= 0.3 is 13.6 Å². The van der Waals surface area contributed by atoms with Gasteiger partial charge in [-0.25, -0.2) is 0 Å². The summed E-state index contributed by atoms with van der Waals surface area (Å²) < 4.78 is 26.1. The Morgan fingerprint density at radius 1 is 1.24 bits per heavy atom. The first-order valence-electron chi connectivity index (χ1n) is 5.19. The molecule has 7 heteroatoms. The van der Waals surface area contributed by atoms with Crippen LogP contribution in [0, 0.1) is 5.41 Å². The highest BCUT2D eigenvalue weighted by molar-refractivity contribution is 7.54. The molecular weight excluding hydrogens is 247 g/mol. The second-order valence-corrected chi connectivity index (χ2v) is 7.02. The maximum absolute atomic E-state index is 11.8. The van der Waals surface area contributed by atoms with Crippen LogP contribution in [-0.4, -0.2) is 37.2 Å². The lowest BCUT2D eigenvalue weighted by Crippen LogP contribution is -2.34. The van der Waals surface area contributed by atoms with E-state index in [1.165, 1.54) is 6.92 Å². The van der Waals surface area contributed by atoms with Gasteiger partial charge in [0.15, 0.2) is 5.85 Å². The molecule has 0 spiro atoms. The van der Waals surface area contributed by atoms with Crippen molar-refractivity contribution in [2.75, 3.05) is 14.2 Å². The summed E-state index contributed by atoms with van der Waals surface area (Å²) in [6.07, 6.45) is -0.979. The Bertz CT molecular complexity index is 300. The van der Waals surface area contributed by atoms with Crippen LogP contribution in [-0.2, 0) is 23.1 Å². The summed E-state index contributed by atoms with van der Waals surface area (Å²) in [4.78, 5) is 11.6. The van der Waals surface area contributed by atoms with Crippen LogP contribution in [0.15, 0.2) is 0 Å². The lowest BCUT2D eigenvalue weighted by Gasteiger charge is -2.27. The molecule has 0 aromatic rings. The van der Waals surface area contributed by atoms with E-state index in [2.05, 4.69) is 9.05 Å². The third-order valence-corrected chi connectivity index (χ3v) is 4.24. The monoisotopic (exact) mass is 268 g/mol. The normalized spacial score (nSPS) is 16.4. The van der Waals surface area contributed by atoms with Crippen molar-refractivity contribution < 1.29 is 28.3 Å². The van der Waals surface area contributed by atoms with Gasteiger partial charge in [0.1, 0.15) is 6.10 Å². The minimum Gasteiger partial charge on any atom is -0.459 e. The minimum atomic E-state index is -3.66.